The average molecular weight is 427 g/mol. The van der Waals surface area contributed by atoms with Gasteiger partial charge in [0.25, 0.3) is 0 Å². The molecule has 5 rings (SSSR count). The standard InChI is InChI=1S/C31H26N2/c1-22(2)26-18-28(24-14-8-4-9-15-24)32-30(19-26)31-21-27(23-12-6-3-7-13-23)20-29(33-31)25-16-10-5-11-17-25/h3-22H,1-2H3. The number of pyridine rings is 2. The van der Waals surface area contributed by atoms with E-state index in [2.05, 4.69) is 111 Å². The quantitative estimate of drug-likeness (QED) is 0.283. The van der Waals surface area contributed by atoms with Gasteiger partial charge >= 0.3 is 0 Å². The molecule has 0 unspecified atom stereocenters. The molecule has 0 aliphatic rings. The Bertz CT molecular complexity index is 1300. The molecule has 2 heterocycles. The Morgan fingerprint density at radius 1 is 0.424 bits per heavy atom. The van der Waals surface area contributed by atoms with Gasteiger partial charge in [-0.2, -0.15) is 0 Å². The number of rotatable bonds is 5. The molecule has 0 N–H and O–H groups in total. The van der Waals surface area contributed by atoms with Crippen LogP contribution in [0.3, 0.4) is 0 Å². The van der Waals surface area contributed by atoms with Crippen molar-refractivity contribution in [2.75, 3.05) is 0 Å². The van der Waals surface area contributed by atoms with E-state index in [0.29, 0.717) is 5.92 Å². The second-order valence-corrected chi connectivity index (χ2v) is 8.55. The summed E-state index contributed by atoms with van der Waals surface area (Å²) in [7, 11) is 0. The third-order valence-corrected chi connectivity index (χ3v) is 5.85. The lowest BCUT2D eigenvalue weighted by atomic mass is 9.97. The minimum absolute atomic E-state index is 0.389. The zero-order chi connectivity index (χ0) is 22.6. The van der Waals surface area contributed by atoms with Crippen LogP contribution in [0.5, 0.6) is 0 Å². The molecule has 33 heavy (non-hydrogen) atoms. The maximum Gasteiger partial charge on any atom is 0.0900 e. The fourth-order valence-electron chi connectivity index (χ4n) is 3.99. The Morgan fingerprint density at radius 2 is 0.818 bits per heavy atom. The molecule has 0 aliphatic carbocycles. The molecule has 0 aliphatic heterocycles. The Balaban J connectivity index is 1.72. The molecular formula is C31H26N2. The van der Waals surface area contributed by atoms with Crippen molar-refractivity contribution >= 4 is 0 Å². The summed E-state index contributed by atoms with van der Waals surface area (Å²) in [5.41, 5.74) is 9.48. The van der Waals surface area contributed by atoms with E-state index in [4.69, 9.17) is 9.97 Å². The molecule has 0 bridgehead atoms. The first kappa shape index (κ1) is 20.8. The van der Waals surface area contributed by atoms with Gasteiger partial charge in [-0.1, -0.05) is 105 Å². The predicted octanol–water partition coefficient (Wildman–Crippen LogP) is 8.27. The van der Waals surface area contributed by atoms with Crippen molar-refractivity contribution in [3.63, 3.8) is 0 Å². The molecule has 0 amide bonds. The van der Waals surface area contributed by atoms with Crippen molar-refractivity contribution in [2.45, 2.75) is 19.8 Å². The average Bonchev–Trinajstić information content (AvgIpc) is 2.89. The van der Waals surface area contributed by atoms with Gasteiger partial charge in [-0.05, 0) is 46.9 Å². The lowest BCUT2D eigenvalue weighted by molar-refractivity contribution is 0.864. The van der Waals surface area contributed by atoms with Crippen LogP contribution in [0.2, 0.25) is 0 Å². The van der Waals surface area contributed by atoms with Crippen LogP contribution in [0.1, 0.15) is 25.3 Å². The van der Waals surface area contributed by atoms with Crippen molar-refractivity contribution in [1.29, 1.82) is 0 Å². The van der Waals surface area contributed by atoms with Gasteiger partial charge in [0.2, 0.25) is 0 Å². The summed E-state index contributed by atoms with van der Waals surface area (Å²) in [5, 5.41) is 0. The van der Waals surface area contributed by atoms with Crippen LogP contribution in [-0.4, -0.2) is 9.97 Å². The first-order valence-corrected chi connectivity index (χ1v) is 11.4. The van der Waals surface area contributed by atoms with Crippen LogP contribution >= 0.6 is 0 Å². The van der Waals surface area contributed by atoms with E-state index in [9.17, 15) is 0 Å². The van der Waals surface area contributed by atoms with Gasteiger partial charge in [-0.25, -0.2) is 9.97 Å². The van der Waals surface area contributed by atoms with Crippen molar-refractivity contribution in [3.8, 4) is 45.0 Å². The summed E-state index contributed by atoms with van der Waals surface area (Å²) >= 11 is 0. The topological polar surface area (TPSA) is 25.8 Å². The van der Waals surface area contributed by atoms with E-state index in [1.165, 1.54) is 11.1 Å². The molecule has 2 nitrogen and oxygen atoms in total. The highest BCUT2D eigenvalue weighted by molar-refractivity contribution is 5.76. The van der Waals surface area contributed by atoms with E-state index >= 15 is 0 Å². The first-order chi connectivity index (χ1) is 16.2. The molecule has 0 spiro atoms. The molecule has 3 aromatic carbocycles. The molecule has 0 saturated carbocycles. The second-order valence-electron chi connectivity index (χ2n) is 8.55. The van der Waals surface area contributed by atoms with E-state index in [-0.39, 0.29) is 0 Å². The smallest absolute Gasteiger partial charge is 0.0900 e. The fourth-order valence-corrected chi connectivity index (χ4v) is 3.99. The van der Waals surface area contributed by atoms with Crippen molar-refractivity contribution in [3.05, 3.63) is 121 Å². The molecule has 160 valence electrons. The van der Waals surface area contributed by atoms with Gasteiger partial charge < -0.3 is 0 Å². The maximum atomic E-state index is 5.07. The first-order valence-electron chi connectivity index (χ1n) is 11.4. The highest BCUT2D eigenvalue weighted by Crippen LogP contribution is 2.32. The number of hydrogen-bond donors (Lipinski definition) is 0. The molecule has 0 saturated heterocycles. The number of aromatic nitrogens is 2. The van der Waals surface area contributed by atoms with Gasteiger partial charge in [-0.3, -0.25) is 0 Å². The molecule has 5 aromatic rings. The van der Waals surface area contributed by atoms with E-state index in [1.54, 1.807) is 0 Å². The monoisotopic (exact) mass is 426 g/mol. The number of nitrogens with zero attached hydrogens (tertiary/aromatic N) is 2. The molecule has 0 atom stereocenters. The summed E-state index contributed by atoms with van der Waals surface area (Å²) in [6.07, 6.45) is 0. The van der Waals surface area contributed by atoms with Crippen molar-refractivity contribution in [2.24, 2.45) is 0 Å². The predicted molar refractivity (Wildman–Crippen MR) is 138 cm³/mol. The molecule has 2 aromatic heterocycles. The lowest BCUT2D eigenvalue weighted by Crippen LogP contribution is -1.98. The van der Waals surface area contributed by atoms with Crippen LogP contribution in [-0.2, 0) is 0 Å². The van der Waals surface area contributed by atoms with E-state index in [0.717, 1.165) is 39.5 Å². The molecule has 2 heteroatoms. The van der Waals surface area contributed by atoms with Crippen LogP contribution < -0.4 is 0 Å². The molecule has 0 radical (unpaired) electrons. The summed E-state index contributed by atoms with van der Waals surface area (Å²) in [5.74, 6) is 0.389. The van der Waals surface area contributed by atoms with Crippen LogP contribution in [0.4, 0.5) is 0 Å². The van der Waals surface area contributed by atoms with E-state index in [1.807, 2.05) is 18.2 Å². The Kier molecular flexibility index (Phi) is 5.82. The third kappa shape index (κ3) is 4.61. The highest BCUT2D eigenvalue weighted by Gasteiger charge is 2.13. The van der Waals surface area contributed by atoms with Gasteiger partial charge in [0.15, 0.2) is 0 Å². The van der Waals surface area contributed by atoms with Crippen LogP contribution in [0.15, 0.2) is 115 Å². The zero-order valence-corrected chi connectivity index (χ0v) is 18.9. The lowest BCUT2D eigenvalue weighted by Gasteiger charge is -2.14. The van der Waals surface area contributed by atoms with Crippen molar-refractivity contribution in [1.82, 2.24) is 9.97 Å². The Hall–Kier alpha value is -4.04. The van der Waals surface area contributed by atoms with Crippen molar-refractivity contribution < 1.29 is 0 Å². The normalized spacial score (nSPS) is 11.0. The largest absolute Gasteiger partial charge is 0.246 e. The van der Waals surface area contributed by atoms with Crippen LogP contribution in [0.25, 0.3) is 45.0 Å². The zero-order valence-electron chi connectivity index (χ0n) is 18.9. The summed E-state index contributed by atoms with van der Waals surface area (Å²) in [6.45, 7) is 4.44. The maximum absolute atomic E-state index is 5.07. The minimum Gasteiger partial charge on any atom is -0.246 e. The number of hydrogen-bond acceptors (Lipinski definition) is 2. The van der Waals surface area contributed by atoms with Gasteiger partial charge in [-0.15, -0.1) is 0 Å². The SMILES string of the molecule is CC(C)c1cc(-c2ccccc2)nc(-c2cc(-c3ccccc3)cc(-c3ccccc3)n2)c1. The van der Waals surface area contributed by atoms with E-state index < -0.39 is 0 Å². The number of benzene rings is 3. The highest BCUT2D eigenvalue weighted by atomic mass is 14.8. The molecule has 0 fully saturated rings. The summed E-state index contributed by atoms with van der Waals surface area (Å²) in [6, 6.07) is 39.9. The second kappa shape index (κ2) is 9.22. The molecular weight excluding hydrogens is 400 g/mol. The third-order valence-electron chi connectivity index (χ3n) is 5.85. The van der Waals surface area contributed by atoms with Gasteiger partial charge in [0, 0.05) is 11.1 Å². The van der Waals surface area contributed by atoms with Gasteiger partial charge in [0.1, 0.15) is 0 Å². The minimum atomic E-state index is 0.389. The Labute approximate surface area is 195 Å². The Morgan fingerprint density at radius 3 is 1.33 bits per heavy atom. The van der Waals surface area contributed by atoms with Crippen LogP contribution in [0, 0.1) is 0 Å². The fraction of sp³-hybridized carbons (Fsp3) is 0.0968. The summed E-state index contributed by atoms with van der Waals surface area (Å²) in [4.78, 5) is 10.1. The van der Waals surface area contributed by atoms with Gasteiger partial charge in [0.05, 0.1) is 22.8 Å². The summed E-state index contributed by atoms with van der Waals surface area (Å²) < 4.78 is 0.